The fraction of sp³-hybridized carbons (Fsp3) is 1.00. The van der Waals surface area contributed by atoms with Crippen molar-refractivity contribution in [2.45, 2.75) is 56.8 Å². The number of hydrogen-bond acceptors (Lipinski definition) is 2. The van der Waals surface area contributed by atoms with Crippen molar-refractivity contribution in [3.63, 3.8) is 0 Å². The predicted molar refractivity (Wildman–Crippen MR) is 49.6 cm³/mol. The predicted octanol–water partition coefficient (Wildman–Crippen LogP) is 2.12. The van der Waals surface area contributed by atoms with Crippen molar-refractivity contribution in [2.24, 2.45) is 5.92 Å². The molecule has 3 fully saturated rings. The fourth-order valence-corrected chi connectivity index (χ4v) is 2.92. The van der Waals surface area contributed by atoms with E-state index in [4.69, 9.17) is 9.47 Å². The standard InChI is InChI=1S/C11H18O2/c1-10(7-12-10)5-8-3-4-9-11(2,6-8)13-9/h8-9H,3-7H2,1-2H3. The molecule has 3 rings (SSSR count). The Hall–Kier alpha value is -0.0800. The van der Waals surface area contributed by atoms with Gasteiger partial charge in [-0.1, -0.05) is 0 Å². The van der Waals surface area contributed by atoms with Gasteiger partial charge in [0.05, 0.1) is 23.9 Å². The van der Waals surface area contributed by atoms with E-state index in [1.807, 2.05) is 0 Å². The van der Waals surface area contributed by atoms with Gasteiger partial charge < -0.3 is 9.47 Å². The Morgan fingerprint density at radius 1 is 1.31 bits per heavy atom. The van der Waals surface area contributed by atoms with E-state index in [9.17, 15) is 0 Å². The summed E-state index contributed by atoms with van der Waals surface area (Å²) in [6.07, 6.45) is 5.72. The van der Waals surface area contributed by atoms with Gasteiger partial charge in [0.25, 0.3) is 0 Å². The highest BCUT2D eigenvalue weighted by atomic mass is 16.6. The third-order valence-corrected chi connectivity index (χ3v) is 3.92. The van der Waals surface area contributed by atoms with Gasteiger partial charge in [0.1, 0.15) is 0 Å². The average molecular weight is 182 g/mol. The van der Waals surface area contributed by atoms with Crippen molar-refractivity contribution in [3.05, 3.63) is 0 Å². The van der Waals surface area contributed by atoms with Crippen LogP contribution < -0.4 is 0 Å². The van der Waals surface area contributed by atoms with Gasteiger partial charge in [0.2, 0.25) is 0 Å². The summed E-state index contributed by atoms with van der Waals surface area (Å²) in [5.41, 5.74) is 0.497. The molecule has 4 atom stereocenters. The monoisotopic (exact) mass is 182 g/mol. The molecule has 13 heavy (non-hydrogen) atoms. The first-order valence-corrected chi connectivity index (χ1v) is 5.41. The lowest BCUT2D eigenvalue weighted by Gasteiger charge is -2.24. The summed E-state index contributed by atoms with van der Waals surface area (Å²) in [5, 5.41) is 0. The van der Waals surface area contributed by atoms with Gasteiger partial charge in [0.15, 0.2) is 0 Å². The van der Waals surface area contributed by atoms with Gasteiger partial charge in [-0.25, -0.2) is 0 Å². The quantitative estimate of drug-likeness (QED) is 0.611. The molecule has 0 aromatic rings. The molecule has 2 aliphatic heterocycles. The minimum absolute atomic E-state index is 0.239. The second-order valence-corrected chi connectivity index (χ2v) is 5.51. The maximum absolute atomic E-state index is 5.69. The molecule has 3 aliphatic rings. The summed E-state index contributed by atoms with van der Waals surface area (Å²) >= 11 is 0. The molecule has 2 nitrogen and oxygen atoms in total. The van der Waals surface area contributed by atoms with Crippen LogP contribution in [-0.4, -0.2) is 23.9 Å². The second-order valence-electron chi connectivity index (χ2n) is 5.51. The molecule has 1 aliphatic carbocycles. The topological polar surface area (TPSA) is 25.1 Å². The number of hydrogen-bond donors (Lipinski definition) is 0. The maximum Gasteiger partial charge on any atom is 0.0923 e. The van der Waals surface area contributed by atoms with E-state index in [-0.39, 0.29) is 11.2 Å². The van der Waals surface area contributed by atoms with E-state index in [2.05, 4.69) is 13.8 Å². The van der Waals surface area contributed by atoms with Crippen LogP contribution in [0.1, 0.15) is 39.5 Å². The molecule has 0 radical (unpaired) electrons. The van der Waals surface area contributed by atoms with Crippen LogP contribution >= 0.6 is 0 Å². The smallest absolute Gasteiger partial charge is 0.0923 e. The SMILES string of the molecule is CC1(CC2CCC3OC3(C)C2)CO1. The third-order valence-electron chi connectivity index (χ3n) is 3.92. The lowest BCUT2D eigenvalue weighted by atomic mass is 9.78. The van der Waals surface area contributed by atoms with Gasteiger partial charge in [-0.15, -0.1) is 0 Å². The Morgan fingerprint density at radius 2 is 2.08 bits per heavy atom. The molecule has 0 aromatic heterocycles. The summed E-state index contributed by atoms with van der Waals surface area (Å²) in [6, 6.07) is 0. The summed E-state index contributed by atoms with van der Waals surface area (Å²) in [6.45, 7) is 5.47. The molecule has 0 aromatic carbocycles. The zero-order valence-corrected chi connectivity index (χ0v) is 8.51. The minimum atomic E-state index is 0.239. The van der Waals surface area contributed by atoms with Crippen LogP contribution in [0.15, 0.2) is 0 Å². The number of epoxide rings is 2. The normalized spacial score (nSPS) is 58.6. The first-order valence-electron chi connectivity index (χ1n) is 5.41. The molecule has 74 valence electrons. The van der Waals surface area contributed by atoms with Crippen molar-refractivity contribution in [1.29, 1.82) is 0 Å². The van der Waals surface area contributed by atoms with Crippen LogP contribution in [-0.2, 0) is 9.47 Å². The molecule has 0 amide bonds. The Balaban J connectivity index is 1.60. The van der Waals surface area contributed by atoms with Crippen molar-refractivity contribution < 1.29 is 9.47 Å². The Labute approximate surface area is 79.6 Å². The molecule has 0 bridgehead atoms. The zero-order chi connectivity index (χ0) is 9.10. The summed E-state index contributed by atoms with van der Waals surface area (Å²) in [4.78, 5) is 0. The molecule has 2 saturated heterocycles. The molecule has 1 saturated carbocycles. The Kier molecular flexibility index (Phi) is 1.45. The molecule has 0 N–H and O–H groups in total. The van der Waals surface area contributed by atoms with Crippen LogP contribution in [0.5, 0.6) is 0 Å². The van der Waals surface area contributed by atoms with Gasteiger partial charge in [-0.2, -0.15) is 0 Å². The highest BCUT2D eigenvalue weighted by Gasteiger charge is 2.56. The third kappa shape index (κ3) is 1.40. The molecular formula is C11H18O2. The average Bonchev–Trinajstić information content (AvgIpc) is 2.89. The lowest BCUT2D eigenvalue weighted by molar-refractivity contribution is 0.217. The maximum atomic E-state index is 5.69. The van der Waals surface area contributed by atoms with Crippen LogP contribution in [0.25, 0.3) is 0 Å². The van der Waals surface area contributed by atoms with Crippen LogP contribution in [0.4, 0.5) is 0 Å². The highest BCUT2D eigenvalue weighted by molar-refractivity contribution is 5.05. The van der Waals surface area contributed by atoms with Crippen molar-refractivity contribution >= 4 is 0 Å². The van der Waals surface area contributed by atoms with Gasteiger partial charge in [-0.3, -0.25) is 0 Å². The molecule has 4 unspecified atom stereocenters. The highest BCUT2D eigenvalue weighted by Crippen LogP contribution is 2.52. The zero-order valence-electron chi connectivity index (χ0n) is 8.51. The van der Waals surface area contributed by atoms with Crippen LogP contribution in [0.3, 0.4) is 0 Å². The Morgan fingerprint density at radius 3 is 2.69 bits per heavy atom. The number of fused-ring (bicyclic) bond motifs is 1. The van der Waals surface area contributed by atoms with E-state index in [0.717, 1.165) is 12.5 Å². The lowest BCUT2D eigenvalue weighted by Crippen LogP contribution is -2.25. The summed E-state index contributed by atoms with van der Waals surface area (Å²) in [5.74, 6) is 0.844. The molecule has 2 heteroatoms. The van der Waals surface area contributed by atoms with Crippen LogP contribution in [0, 0.1) is 5.92 Å². The van der Waals surface area contributed by atoms with Crippen molar-refractivity contribution in [2.75, 3.05) is 6.61 Å². The van der Waals surface area contributed by atoms with E-state index >= 15 is 0 Å². The van der Waals surface area contributed by atoms with E-state index in [1.54, 1.807) is 0 Å². The number of rotatable bonds is 2. The molecule has 0 spiro atoms. The fourth-order valence-electron chi connectivity index (χ4n) is 2.92. The molecular weight excluding hydrogens is 164 g/mol. The Bertz CT molecular complexity index is 232. The second kappa shape index (κ2) is 2.29. The first kappa shape index (κ1) is 8.25. The van der Waals surface area contributed by atoms with Gasteiger partial charge in [0, 0.05) is 0 Å². The van der Waals surface area contributed by atoms with E-state index < -0.39 is 0 Å². The summed E-state index contributed by atoms with van der Waals surface area (Å²) < 4.78 is 11.1. The van der Waals surface area contributed by atoms with Crippen LogP contribution in [0.2, 0.25) is 0 Å². The van der Waals surface area contributed by atoms with Crippen molar-refractivity contribution in [1.82, 2.24) is 0 Å². The van der Waals surface area contributed by atoms with Gasteiger partial charge in [-0.05, 0) is 45.4 Å². The summed E-state index contributed by atoms with van der Waals surface area (Å²) in [7, 11) is 0. The molecule has 2 heterocycles. The van der Waals surface area contributed by atoms with E-state index in [1.165, 1.54) is 25.7 Å². The number of ether oxygens (including phenoxy) is 2. The van der Waals surface area contributed by atoms with E-state index in [0.29, 0.717) is 6.10 Å². The van der Waals surface area contributed by atoms with Gasteiger partial charge >= 0.3 is 0 Å². The first-order chi connectivity index (χ1) is 6.10. The van der Waals surface area contributed by atoms with Crippen molar-refractivity contribution in [3.8, 4) is 0 Å². The largest absolute Gasteiger partial charge is 0.370 e. The minimum Gasteiger partial charge on any atom is -0.370 e.